The molecule has 0 radical (unpaired) electrons. The number of aromatic carboxylic acids is 1. The number of rotatable bonds is 4. The van der Waals surface area contributed by atoms with Gasteiger partial charge in [-0.2, -0.15) is 5.10 Å². The Morgan fingerprint density at radius 2 is 2.11 bits per heavy atom. The monoisotopic (exact) mass is 301 g/mol. The molecule has 0 fully saturated rings. The average Bonchev–Trinajstić information content (AvgIpc) is 2.85. The van der Waals surface area contributed by atoms with Gasteiger partial charge in [0, 0.05) is 0 Å². The summed E-state index contributed by atoms with van der Waals surface area (Å²) in [6, 6.07) is 2.76. The summed E-state index contributed by atoms with van der Waals surface area (Å²) in [5.41, 5.74) is 0.792. The van der Waals surface area contributed by atoms with Crippen molar-refractivity contribution < 1.29 is 18.3 Å². The first-order valence-corrected chi connectivity index (χ1v) is 7.49. The minimum atomic E-state index is -3.77. The van der Waals surface area contributed by atoms with Gasteiger partial charge in [-0.05, 0) is 26.0 Å². The number of anilines is 1. The molecule has 0 aliphatic rings. The second-order valence-corrected chi connectivity index (χ2v) is 6.54. The number of carboxylic acids is 1. The summed E-state index contributed by atoms with van der Waals surface area (Å²) >= 11 is 0.856. The third-order valence-corrected chi connectivity index (χ3v) is 5.13. The number of aromatic amines is 1. The van der Waals surface area contributed by atoms with Crippen molar-refractivity contribution in [3.63, 3.8) is 0 Å². The molecule has 3 N–H and O–H groups in total. The maximum absolute atomic E-state index is 12.2. The number of hydrogen-bond acceptors (Lipinski definition) is 5. The van der Waals surface area contributed by atoms with E-state index in [9.17, 15) is 13.2 Å². The van der Waals surface area contributed by atoms with Gasteiger partial charge >= 0.3 is 5.97 Å². The molecule has 0 aromatic carbocycles. The molecular weight excluding hydrogens is 290 g/mol. The van der Waals surface area contributed by atoms with Crippen LogP contribution in [0.4, 0.5) is 5.00 Å². The van der Waals surface area contributed by atoms with Gasteiger partial charge in [-0.3, -0.25) is 9.82 Å². The molecule has 2 aromatic rings. The zero-order valence-electron chi connectivity index (χ0n) is 10.1. The second kappa shape index (κ2) is 4.67. The van der Waals surface area contributed by atoms with Crippen LogP contribution in [0.25, 0.3) is 0 Å². The first-order chi connectivity index (χ1) is 8.81. The Morgan fingerprint density at radius 1 is 1.42 bits per heavy atom. The number of aryl methyl sites for hydroxylation is 2. The van der Waals surface area contributed by atoms with Gasteiger partial charge in [-0.25, -0.2) is 13.2 Å². The van der Waals surface area contributed by atoms with Crippen LogP contribution in [0.1, 0.15) is 21.1 Å². The van der Waals surface area contributed by atoms with Gasteiger partial charge in [0.2, 0.25) is 0 Å². The summed E-state index contributed by atoms with van der Waals surface area (Å²) in [6.45, 7) is 3.18. The summed E-state index contributed by atoms with van der Waals surface area (Å²) in [5, 5.41) is 15.4. The van der Waals surface area contributed by atoms with Crippen molar-refractivity contribution in [3.05, 3.63) is 28.4 Å². The van der Waals surface area contributed by atoms with Crippen molar-refractivity contribution >= 4 is 32.3 Å². The molecule has 0 saturated carbocycles. The van der Waals surface area contributed by atoms with E-state index < -0.39 is 16.0 Å². The zero-order chi connectivity index (χ0) is 14.2. The molecule has 19 heavy (non-hydrogen) atoms. The predicted octanol–water partition coefficient (Wildman–Crippen LogP) is 1.59. The quantitative estimate of drug-likeness (QED) is 0.793. The van der Waals surface area contributed by atoms with Crippen molar-refractivity contribution in [1.29, 1.82) is 0 Å². The topological polar surface area (TPSA) is 112 Å². The Balaban J connectivity index is 2.34. The highest BCUT2D eigenvalue weighted by Gasteiger charge is 2.23. The molecule has 9 heteroatoms. The lowest BCUT2D eigenvalue weighted by Crippen LogP contribution is -2.13. The number of nitrogens with one attached hydrogen (secondary N) is 2. The number of sulfonamides is 1. The Kier molecular flexibility index (Phi) is 3.33. The molecular formula is C10H11N3O4S2. The molecule has 0 aliphatic carbocycles. The van der Waals surface area contributed by atoms with E-state index in [-0.39, 0.29) is 14.8 Å². The van der Waals surface area contributed by atoms with Crippen molar-refractivity contribution in [3.8, 4) is 0 Å². The molecule has 2 aromatic heterocycles. The van der Waals surface area contributed by atoms with Crippen LogP contribution < -0.4 is 4.72 Å². The van der Waals surface area contributed by atoms with Crippen LogP contribution in [0.15, 0.2) is 17.0 Å². The number of carboxylic acid groups (broad SMARTS) is 1. The Bertz CT molecular complexity index is 710. The smallest absolute Gasteiger partial charge is 0.345 e. The summed E-state index contributed by atoms with van der Waals surface area (Å²) in [4.78, 5) is 10.9. The highest BCUT2D eigenvalue weighted by Crippen LogP contribution is 2.26. The molecule has 2 heterocycles. The molecule has 0 unspecified atom stereocenters. The standard InChI is InChI=1S/C10H11N3O4S2/c1-5-9(6(2)12-11-5)19(16,17)13-8-4-3-7(18-8)10(14)15/h3-4,13H,1-2H3,(H,11,12)(H,14,15). The van der Waals surface area contributed by atoms with Crippen LogP contribution in [0.3, 0.4) is 0 Å². The third-order valence-electron chi connectivity index (χ3n) is 2.38. The van der Waals surface area contributed by atoms with Crippen LogP contribution in [-0.2, 0) is 10.0 Å². The molecule has 0 bridgehead atoms. The highest BCUT2D eigenvalue weighted by molar-refractivity contribution is 7.93. The predicted molar refractivity (Wildman–Crippen MR) is 70.1 cm³/mol. The molecule has 0 spiro atoms. The number of H-pyrrole nitrogens is 1. The first kappa shape index (κ1) is 13.6. The zero-order valence-corrected chi connectivity index (χ0v) is 11.7. The lowest BCUT2D eigenvalue weighted by Gasteiger charge is -2.05. The second-order valence-electron chi connectivity index (χ2n) is 3.84. The SMILES string of the molecule is Cc1n[nH]c(C)c1S(=O)(=O)Nc1ccc(C(=O)O)s1. The fourth-order valence-electron chi connectivity index (χ4n) is 1.63. The van der Waals surface area contributed by atoms with Gasteiger partial charge in [-0.15, -0.1) is 11.3 Å². The minimum Gasteiger partial charge on any atom is -0.477 e. The van der Waals surface area contributed by atoms with Crippen LogP contribution in [0.5, 0.6) is 0 Å². The number of thiophene rings is 1. The van der Waals surface area contributed by atoms with Gasteiger partial charge in [0.05, 0.1) is 11.4 Å². The van der Waals surface area contributed by atoms with Crippen molar-refractivity contribution in [1.82, 2.24) is 10.2 Å². The normalized spacial score (nSPS) is 11.5. The molecule has 7 nitrogen and oxygen atoms in total. The molecule has 0 saturated heterocycles. The number of hydrogen-bond donors (Lipinski definition) is 3. The van der Waals surface area contributed by atoms with Gasteiger partial charge in [0.25, 0.3) is 10.0 Å². The van der Waals surface area contributed by atoms with Crippen LogP contribution in [0, 0.1) is 13.8 Å². The number of carbonyl (C=O) groups is 1. The molecule has 0 aliphatic heterocycles. The van der Waals surface area contributed by atoms with Gasteiger partial charge in [0.1, 0.15) is 14.8 Å². The molecule has 0 amide bonds. The van der Waals surface area contributed by atoms with Crippen LogP contribution in [-0.4, -0.2) is 29.7 Å². The maximum atomic E-state index is 12.2. The Hall–Kier alpha value is -1.87. The van der Waals surface area contributed by atoms with Crippen molar-refractivity contribution in [2.24, 2.45) is 0 Å². The molecule has 0 atom stereocenters. The van der Waals surface area contributed by atoms with Crippen molar-refractivity contribution in [2.75, 3.05) is 4.72 Å². The van der Waals surface area contributed by atoms with Crippen LogP contribution in [0.2, 0.25) is 0 Å². The maximum Gasteiger partial charge on any atom is 0.345 e. The van der Waals surface area contributed by atoms with E-state index in [0.717, 1.165) is 11.3 Å². The first-order valence-electron chi connectivity index (χ1n) is 5.19. The third kappa shape index (κ3) is 2.61. The summed E-state index contributed by atoms with van der Waals surface area (Å²) in [6.07, 6.45) is 0. The van der Waals surface area contributed by atoms with Gasteiger partial charge in [0.15, 0.2) is 0 Å². The Morgan fingerprint density at radius 3 is 2.58 bits per heavy atom. The summed E-state index contributed by atoms with van der Waals surface area (Å²) in [5.74, 6) is -1.09. The highest BCUT2D eigenvalue weighted by atomic mass is 32.2. The van der Waals surface area contributed by atoms with Crippen molar-refractivity contribution in [2.45, 2.75) is 18.7 Å². The van der Waals surface area contributed by atoms with E-state index in [1.807, 2.05) is 0 Å². The van der Waals surface area contributed by atoms with E-state index >= 15 is 0 Å². The lowest BCUT2D eigenvalue weighted by atomic mass is 10.4. The fraction of sp³-hybridized carbons (Fsp3) is 0.200. The van der Waals surface area contributed by atoms with Gasteiger partial charge < -0.3 is 5.11 Å². The number of nitrogens with zero attached hydrogens (tertiary/aromatic N) is 1. The summed E-state index contributed by atoms with van der Waals surface area (Å²) < 4.78 is 26.7. The molecule has 102 valence electrons. The number of aromatic nitrogens is 2. The lowest BCUT2D eigenvalue weighted by molar-refractivity contribution is 0.0702. The molecule has 2 rings (SSSR count). The average molecular weight is 301 g/mol. The van der Waals surface area contributed by atoms with Gasteiger partial charge in [-0.1, -0.05) is 0 Å². The van der Waals surface area contributed by atoms with E-state index in [4.69, 9.17) is 5.11 Å². The minimum absolute atomic E-state index is 0.0679. The van der Waals surface area contributed by atoms with Crippen LogP contribution >= 0.6 is 11.3 Å². The Labute approximate surface area is 113 Å². The van der Waals surface area contributed by atoms with E-state index in [1.165, 1.54) is 12.1 Å². The van der Waals surface area contributed by atoms with E-state index in [1.54, 1.807) is 13.8 Å². The largest absolute Gasteiger partial charge is 0.477 e. The van der Waals surface area contributed by atoms with E-state index in [2.05, 4.69) is 14.9 Å². The summed E-state index contributed by atoms with van der Waals surface area (Å²) in [7, 11) is -3.77. The fourth-order valence-corrected chi connectivity index (χ4v) is 4.04. The van der Waals surface area contributed by atoms with E-state index in [0.29, 0.717) is 11.4 Å².